The predicted molar refractivity (Wildman–Crippen MR) is 76.2 cm³/mol. The second-order valence-electron chi connectivity index (χ2n) is 4.23. The Labute approximate surface area is 118 Å². The molecule has 0 aliphatic carbocycles. The molecule has 1 aromatic heterocycles. The smallest absolute Gasteiger partial charge is 0.219 e. The lowest BCUT2D eigenvalue weighted by Gasteiger charge is -2.11. The van der Waals surface area contributed by atoms with Gasteiger partial charge in [-0.2, -0.15) is 0 Å². The number of ketones is 1. The van der Waals surface area contributed by atoms with Crippen LogP contribution in [0.5, 0.6) is 11.6 Å². The lowest BCUT2D eigenvalue weighted by molar-refractivity contribution is 0.0983. The second kappa shape index (κ2) is 6.70. The minimum atomic E-state index is 0.0683. The molecule has 4 nitrogen and oxygen atoms in total. The largest absolute Gasteiger partial charge is 0.488 e. The number of aromatic nitrogens is 1. The molecule has 1 heterocycles. The first-order valence-electron chi connectivity index (χ1n) is 6.49. The molecule has 0 spiro atoms. The number of rotatable bonds is 6. The highest BCUT2D eigenvalue weighted by Crippen LogP contribution is 2.22. The second-order valence-corrected chi connectivity index (χ2v) is 4.23. The van der Waals surface area contributed by atoms with Crippen molar-refractivity contribution in [1.82, 2.24) is 4.98 Å². The predicted octanol–water partition coefficient (Wildman–Crippen LogP) is 3.26. The highest BCUT2D eigenvalue weighted by Gasteiger charge is 2.11. The van der Waals surface area contributed by atoms with Crippen molar-refractivity contribution in [2.45, 2.75) is 20.0 Å². The lowest BCUT2D eigenvalue weighted by Crippen LogP contribution is -2.04. The number of hydrogen-bond acceptors (Lipinski definition) is 4. The zero-order chi connectivity index (χ0) is 14.4. The Balaban J connectivity index is 2.17. The summed E-state index contributed by atoms with van der Waals surface area (Å²) in [4.78, 5) is 16.0. The first-order valence-corrected chi connectivity index (χ1v) is 6.49. The fourth-order valence-electron chi connectivity index (χ4n) is 1.89. The summed E-state index contributed by atoms with van der Waals surface area (Å²) in [6, 6.07) is 11.0. The lowest BCUT2D eigenvalue weighted by atomic mass is 10.1. The Morgan fingerprint density at radius 3 is 2.75 bits per heavy atom. The maximum absolute atomic E-state index is 11.9. The maximum Gasteiger partial charge on any atom is 0.219 e. The van der Waals surface area contributed by atoms with Crippen LogP contribution in [0.15, 0.2) is 42.6 Å². The molecular formula is C16H17NO3. The van der Waals surface area contributed by atoms with Gasteiger partial charge >= 0.3 is 0 Å². The van der Waals surface area contributed by atoms with Crippen molar-refractivity contribution in [3.8, 4) is 11.6 Å². The Bertz CT molecular complexity index is 596. The third-order valence-corrected chi connectivity index (χ3v) is 2.94. The van der Waals surface area contributed by atoms with E-state index in [1.807, 2.05) is 31.2 Å². The van der Waals surface area contributed by atoms with Gasteiger partial charge in [0, 0.05) is 12.6 Å². The highest BCUT2D eigenvalue weighted by molar-refractivity contribution is 5.98. The number of hydrogen-bond donors (Lipinski definition) is 0. The third kappa shape index (κ3) is 3.15. The summed E-state index contributed by atoms with van der Waals surface area (Å²) in [5.74, 6) is 1.19. The van der Waals surface area contributed by atoms with Gasteiger partial charge in [0.05, 0.1) is 18.2 Å². The fourth-order valence-corrected chi connectivity index (χ4v) is 1.89. The van der Waals surface area contributed by atoms with Crippen LogP contribution in [0.2, 0.25) is 0 Å². The van der Waals surface area contributed by atoms with Crippen molar-refractivity contribution in [2.24, 2.45) is 0 Å². The van der Waals surface area contributed by atoms with E-state index in [0.717, 1.165) is 5.56 Å². The van der Waals surface area contributed by atoms with Crippen molar-refractivity contribution >= 4 is 5.78 Å². The Morgan fingerprint density at radius 1 is 1.20 bits per heavy atom. The summed E-state index contributed by atoms with van der Waals surface area (Å²) >= 11 is 0. The van der Waals surface area contributed by atoms with Crippen LogP contribution in [0.1, 0.15) is 29.3 Å². The van der Waals surface area contributed by atoms with E-state index < -0.39 is 0 Å². The zero-order valence-electron chi connectivity index (χ0n) is 11.6. The van der Waals surface area contributed by atoms with Crippen LogP contribution in [0.25, 0.3) is 0 Å². The average molecular weight is 271 g/mol. The summed E-state index contributed by atoms with van der Waals surface area (Å²) in [6.07, 6.45) is 2.12. The van der Waals surface area contributed by atoms with E-state index in [2.05, 4.69) is 4.98 Å². The number of pyridine rings is 1. The van der Waals surface area contributed by atoms with Crippen molar-refractivity contribution in [2.75, 3.05) is 7.11 Å². The molecule has 0 amide bonds. The van der Waals surface area contributed by atoms with Crippen molar-refractivity contribution < 1.29 is 14.3 Å². The minimum Gasteiger partial charge on any atom is -0.488 e. The van der Waals surface area contributed by atoms with E-state index in [1.165, 1.54) is 0 Å². The third-order valence-electron chi connectivity index (χ3n) is 2.94. The van der Waals surface area contributed by atoms with Crippen molar-refractivity contribution in [3.63, 3.8) is 0 Å². The van der Waals surface area contributed by atoms with Crippen LogP contribution in [0.3, 0.4) is 0 Å². The summed E-state index contributed by atoms with van der Waals surface area (Å²) in [5, 5.41) is 0. The highest BCUT2D eigenvalue weighted by atomic mass is 16.5. The zero-order valence-corrected chi connectivity index (χ0v) is 11.6. The molecule has 0 atom stereocenters. The van der Waals surface area contributed by atoms with E-state index in [-0.39, 0.29) is 5.78 Å². The standard InChI is InChI=1S/C16H17NO3/c1-3-14(18)13-8-4-5-9-15(13)20-11-12-7-6-10-17-16(12)19-2/h4-10H,3,11H2,1-2H3. The quantitative estimate of drug-likeness (QED) is 0.757. The molecule has 4 heteroatoms. The van der Waals surface area contributed by atoms with Crippen LogP contribution in [0.4, 0.5) is 0 Å². The van der Waals surface area contributed by atoms with E-state index in [9.17, 15) is 4.79 Å². The molecule has 2 aromatic rings. The first-order chi connectivity index (χ1) is 9.76. The Morgan fingerprint density at radius 2 is 2.00 bits per heavy atom. The van der Waals surface area contributed by atoms with E-state index >= 15 is 0 Å². The Hall–Kier alpha value is -2.36. The number of benzene rings is 1. The van der Waals surface area contributed by atoms with Gasteiger partial charge in [-0.05, 0) is 24.3 Å². The van der Waals surface area contributed by atoms with E-state index in [4.69, 9.17) is 9.47 Å². The number of ether oxygens (including phenoxy) is 2. The maximum atomic E-state index is 11.9. The van der Waals surface area contributed by atoms with Crippen LogP contribution < -0.4 is 9.47 Å². The fraction of sp³-hybridized carbons (Fsp3) is 0.250. The normalized spacial score (nSPS) is 10.1. The number of para-hydroxylation sites is 1. The molecule has 0 unspecified atom stereocenters. The van der Waals surface area contributed by atoms with Crippen LogP contribution in [-0.4, -0.2) is 17.9 Å². The number of methoxy groups -OCH3 is 1. The molecule has 0 radical (unpaired) electrons. The van der Waals surface area contributed by atoms with Gasteiger partial charge in [0.2, 0.25) is 5.88 Å². The van der Waals surface area contributed by atoms with Gasteiger partial charge in [0.25, 0.3) is 0 Å². The van der Waals surface area contributed by atoms with Gasteiger partial charge in [0.15, 0.2) is 5.78 Å². The number of carbonyl (C=O) groups excluding carboxylic acids is 1. The van der Waals surface area contributed by atoms with Gasteiger partial charge in [-0.3, -0.25) is 4.79 Å². The summed E-state index contributed by atoms with van der Waals surface area (Å²) in [6.45, 7) is 2.15. The first kappa shape index (κ1) is 14.1. The average Bonchev–Trinajstić information content (AvgIpc) is 2.52. The summed E-state index contributed by atoms with van der Waals surface area (Å²) in [5.41, 5.74) is 1.45. The van der Waals surface area contributed by atoms with Crippen molar-refractivity contribution in [3.05, 3.63) is 53.7 Å². The summed E-state index contributed by atoms with van der Waals surface area (Å²) in [7, 11) is 1.57. The molecule has 20 heavy (non-hydrogen) atoms. The van der Waals surface area contributed by atoms with Crippen LogP contribution in [-0.2, 0) is 6.61 Å². The monoisotopic (exact) mass is 271 g/mol. The van der Waals surface area contributed by atoms with E-state index in [1.54, 1.807) is 25.4 Å². The molecule has 0 fully saturated rings. The molecule has 104 valence electrons. The Kier molecular flexibility index (Phi) is 4.71. The van der Waals surface area contributed by atoms with Gasteiger partial charge in [-0.15, -0.1) is 0 Å². The van der Waals surface area contributed by atoms with E-state index in [0.29, 0.717) is 30.2 Å². The molecule has 0 saturated carbocycles. The number of nitrogens with zero attached hydrogens (tertiary/aromatic N) is 1. The van der Waals surface area contributed by atoms with Gasteiger partial charge in [-0.1, -0.05) is 19.1 Å². The van der Waals surface area contributed by atoms with Crippen LogP contribution in [0, 0.1) is 0 Å². The van der Waals surface area contributed by atoms with Crippen LogP contribution >= 0.6 is 0 Å². The molecular weight excluding hydrogens is 254 g/mol. The molecule has 0 aliphatic heterocycles. The van der Waals surface area contributed by atoms with Gasteiger partial charge in [0.1, 0.15) is 12.4 Å². The number of Topliss-reactive ketones (excluding diaryl/α,β-unsaturated/α-hetero) is 1. The molecule has 0 N–H and O–H groups in total. The number of carbonyl (C=O) groups is 1. The van der Waals surface area contributed by atoms with Gasteiger partial charge < -0.3 is 9.47 Å². The summed E-state index contributed by atoms with van der Waals surface area (Å²) < 4.78 is 10.9. The topological polar surface area (TPSA) is 48.4 Å². The molecule has 1 aromatic carbocycles. The molecule has 0 aliphatic rings. The SMILES string of the molecule is CCC(=O)c1ccccc1OCc1cccnc1OC. The molecule has 2 rings (SSSR count). The molecule has 0 saturated heterocycles. The van der Waals surface area contributed by atoms with Crippen molar-refractivity contribution in [1.29, 1.82) is 0 Å². The molecule has 0 bridgehead atoms. The van der Waals surface area contributed by atoms with Gasteiger partial charge in [-0.25, -0.2) is 4.98 Å². The minimum absolute atomic E-state index is 0.0683.